The highest BCUT2D eigenvalue weighted by Crippen LogP contribution is 2.25. The van der Waals surface area contributed by atoms with Gasteiger partial charge in [0.15, 0.2) is 0 Å². The number of rotatable bonds is 6. The quantitative estimate of drug-likeness (QED) is 0.810. The van der Waals surface area contributed by atoms with E-state index in [1.165, 1.54) is 0 Å². The average Bonchev–Trinajstić information content (AvgIpc) is 2.29. The van der Waals surface area contributed by atoms with Crippen LogP contribution in [0.15, 0.2) is 18.2 Å². The molecule has 0 amide bonds. The van der Waals surface area contributed by atoms with E-state index < -0.39 is 0 Å². The molecule has 1 aromatic carbocycles. The third-order valence-corrected chi connectivity index (χ3v) is 3.09. The molecular formula is C16H26ClNO. The Morgan fingerprint density at radius 2 is 2.00 bits per heavy atom. The average molecular weight is 284 g/mol. The molecule has 0 radical (unpaired) electrons. The van der Waals surface area contributed by atoms with Crippen molar-refractivity contribution in [3.8, 4) is 5.75 Å². The van der Waals surface area contributed by atoms with E-state index in [2.05, 4.69) is 39.9 Å². The van der Waals surface area contributed by atoms with Crippen LogP contribution in [0.5, 0.6) is 5.75 Å². The lowest BCUT2D eigenvalue weighted by Gasteiger charge is -2.23. The van der Waals surface area contributed by atoms with Crippen molar-refractivity contribution in [2.75, 3.05) is 0 Å². The molecule has 0 saturated heterocycles. The first-order valence-corrected chi connectivity index (χ1v) is 7.39. The number of nitrogens with one attached hydrogen (secondary N) is 1. The van der Waals surface area contributed by atoms with Gasteiger partial charge in [-0.1, -0.05) is 24.9 Å². The van der Waals surface area contributed by atoms with Gasteiger partial charge in [-0.25, -0.2) is 0 Å². The molecular weight excluding hydrogens is 258 g/mol. The van der Waals surface area contributed by atoms with Crippen LogP contribution in [0.2, 0.25) is 5.02 Å². The summed E-state index contributed by atoms with van der Waals surface area (Å²) in [7, 11) is 0. The number of halogens is 1. The molecule has 3 heteroatoms. The summed E-state index contributed by atoms with van der Waals surface area (Å²) in [6, 6.07) is 5.83. The van der Waals surface area contributed by atoms with Gasteiger partial charge in [-0.15, -0.1) is 0 Å². The molecule has 0 aliphatic heterocycles. The van der Waals surface area contributed by atoms with Crippen molar-refractivity contribution >= 4 is 11.6 Å². The monoisotopic (exact) mass is 283 g/mol. The first-order valence-electron chi connectivity index (χ1n) is 7.02. The van der Waals surface area contributed by atoms with Crippen molar-refractivity contribution in [2.24, 2.45) is 0 Å². The van der Waals surface area contributed by atoms with Crippen molar-refractivity contribution in [3.05, 3.63) is 28.8 Å². The van der Waals surface area contributed by atoms with Gasteiger partial charge in [-0.3, -0.25) is 0 Å². The highest BCUT2D eigenvalue weighted by Gasteiger charge is 2.13. The zero-order valence-electron chi connectivity index (χ0n) is 12.7. The summed E-state index contributed by atoms with van der Waals surface area (Å²) < 4.78 is 6.01. The Balaban J connectivity index is 2.79. The predicted molar refractivity (Wildman–Crippen MR) is 83.0 cm³/mol. The van der Waals surface area contributed by atoms with E-state index >= 15 is 0 Å². The van der Waals surface area contributed by atoms with E-state index in [0.29, 0.717) is 0 Å². The zero-order chi connectivity index (χ0) is 14.5. The highest BCUT2D eigenvalue weighted by molar-refractivity contribution is 6.30. The predicted octanol–water partition coefficient (Wildman–Crippen LogP) is 4.80. The van der Waals surface area contributed by atoms with Crippen LogP contribution in [0, 0.1) is 0 Å². The third-order valence-electron chi connectivity index (χ3n) is 2.86. The Morgan fingerprint density at radius 3 is 2.58 bits per heavy atom. The molecule has 2 nitrogen and oxygen atoms in total. The second kappa shape index (κ2) is 7.16. The normalized spacial score (nSPS) is 13.4. The first-order chi connectivity index (χ1) is 8.81. The van der Waals surface area contributed by atoms with Crippen LogP contribution in [-0.4, -0.2) is 11.6 Å². The van der Waals surface area contributed by atoms with Crippen molar-refractivity contribution in [1.29, 1.82) is 0 Å². The molecule has 0 fully saturated rings. The molecule has 1 N–H and O–H groups in total. The Morgan fingerprint density at radius 1 is 1.32 bits per heavy atom. The summed E-state index contributed by atoms with van der Waals surface area (Å²) in [4.78, 5) is 0. The maximum atomic E-state index is 6.08. The summed E-state index contributed by atoms with van der Waals surface area (Å²) in [6.07, 6.45) is 2.43. The van der Waals surface area contributed by atoms with Crippen LogP contribution in [0.3, 0.4) is 0 Å². The molecule has 1 rings (SSSR count). The first kappa shape index (κ1) is 16.3. The van der Waals surface area contributed by atoms with E-state index in [9.17, 15) is 0 Å². The SMILES string of the molecule is CCCC(C)Oc1ccc(Cl)cc1CNC(C)(C)C. The molecule has 0 heterocycles. The number of hydrogen-bond acceptors (Lipinski definition) is 2. The molecule has 1 aromatic rings. The Labute approximate surface area is 122 Å². The molecule has 0 saturated carbocycles. The van der Waals surface area contributed by atoms with Crippen LogP contribution in [-0.2, 0) is 6.54 Å². The maximum Gasteiger partial charge on any atom is 0.124 e. The highest BCUT2D eigenvalue weighted by atomic mass is 35.5. The molecule has 0 aromatic heterocycles. The molecule has 0 aliphatic carbocycles. The van der Waals surface area contributed by atoms with Gasteiger partial charge in [-0.05, 0) is 52.3 Å². The minimum absolute atomic E-state index is 0.0780. The van der Waals surface area contributed by atoms with Crippen LogP contribution in [0.4, 0.5) is 0 Å². The molecule has 108 valence electrons. The lowest BCUT2D eigenvalue weighted by atomic mass is 10.1. The fourth-order valence-electron chi connectivity index (χ4n) is 1.84. The van der Waals surface area contributed by atoms with Gasteiger partial charge in [0.2, 0.25) is 0 Å². The zero-order valence-corrected chi connectivity index (χ0v) is 13.5. The third kappa shape index (κ3) is 6.31. The summed E-state index contributed by atoms with van der Waals surface area (Å²) in [5, 5.41) is 4.22. The van der Waals surface area contributed by atoms with E-state index in [0.717, 1.165) is 35.7 Å². The summed E-state index contributed by atoms with van der Waals surface area (Å²) >= 11 is 6.08. The van der Waals surface area contributed by atoms with E-state index in [1.807, 2.05) is 18.2 Å². The molecule has 0 spiro atoms. The molecule has 0 bridgehead atoms. The second-order valence-corrected chi connectivity index (χ2v) is 6.51. The molecule has 0 aliphatic rings. The Hall–Kier alpha value is -0.730. The van der Waals surface area contributed by atoms with Gasteiger partial charge in [0.05, 0.1) is 6.10 Å². The van der Waals surface area contributed by atoms with Gasteiger partial charge in [0.1, 0.15) is 5.75 Å². The summed E-state index contributed by atoms with van der Waals surface area (Å²) in [5.41, 5.74) is 1.19. The number of ether oxygens (including phenoxy) is 1. The largest absolute Gasteiger partial charge is 0.490 e. The summed E-state index contributed by atoms with van der Waals surface area (Å²) in [6.45, 7) is 11.5. The fraction of sp³-hybridized carbons (Fsp3) is 0.625. The standard InChI is InChI=1S/C16H26ClNO/c1-6-7-12(2)19-15-9-8-14(17)10-13(15)11-18-16(3,4)5/h8-10,12,18H,6-7,11H2,1-5H3. The van der Waals surface area contributed by atoms with Crippen molar-refractivity contribution in [3.63, 3.8) is 0 Å². The van der Waals surface area contributed by atoms with Gasteiger partial charge >= 0.3 is 0 Å². The van der Waals surface area contributed by atoms with Gasteiger partial charge < -0.3 is 10.1 Å². The van der Waals surface area contributed by atoms with E-state index in [1.54, 1.807) is 0 Å². The van der Waals surface area contributed by atoms with Crippen LogP contribution >= 0.6 is 11.6 Å². The van der Waals surface area contributed by atoms with Crippen LogP contribution in [0.25, 0.3) is 0 Å². The van der Waals surface area contributed by atoms with Gasteiger partial charge in [-0.2, -0.15) is 0 Å². The van der Waals surface area contributed by atoms with Crippen molar-refractivity contribution in [2.45, 2.75) is 65.6 Å². The maximum absolute atomic E-state index is 6.08. The van der Waals surface area contributed by atoms with Crippen LogP contribution < -0.4 is 10.1 Å². The minimum atomic E-state index is 0.0780. The number of hydrogen-bond donors (Lipinski definition) is 1. The topological polar surface area (TPSA) is 21.3 Å². The van der Waals surface area contributed by atoms with E-state index in [-0.39, 0.29) is 11.6 Å². The van der Waals surface area contributed by atoms with Crippen molar-refractivity contribution < 1.29 is 4.74 Å². The van der Waals surface area contributed by atoms with Gasteiger partial charge in [0, 0.05) is 22.7 Å². The van der Waals surface area contributed by atoms with Crippen molar-refractivity contribution in [1.82, 2.24) is 5.32 Å². The Bertz CT molecular complexity index is 398. The lowest BCUT2D eigenvalue weighted by molar-refractivity contribution is 0.207. The molecule has 1 unspecified atom stereocenters. The molecule has 19 heavy (non-hydrogen) atoms. The summed E-state index contributed by atoms with van der Waals surface area (Å²) in [5.74, 6) is 0.933. The minimum Gasteiger partial charge on any atom is -0.490 e. The molecule has 1 atom stereocenters. The van der Waals surface area contributed by atoms with Gasteiger partial charge in [0.25, 0.3) is 0 Å². The second-order valence-electron chi connectivity index (χ2n) is 6.07. The number of benzene rings is 1. The van der Waals surface area contributed by atoms with E-state index in [4.69, 9.17) is 16.3 Å². The smallest absolute Gasteiger partial charge is 0.124 e. The lowest BCUT2D eigenvalue weighted by Crippen LogP contribution is -2.35. The van der Waals surface area contributed by atoms with Crippen LogP contribution in [0.1, 0.15) is 53.0 Å². The fourth-order valence-corrected chi connectivity index (χ4v) is 2.04. The Kier molecular flexibility index (Phi) is 6.15.